The zero-order chi connectivity index (χ0) is 24.9. The van der Waals surface area contributed by atoms with E-state index in [4.69, 9.17) is 18.9 Å². The minimum Gasteiger partial charge on any atom is -0.507 e. The topological polar surface area (TPSA) is 57.2 Å². The number of allylic oxidation sites excluding steroid dienone is 3. The van der Waals surface area contributed by atoms with E-state index in [2.05, 4.69) is 46.8 Å². The van der Waals surface area contributed by atoms with Crippen LogP contribution in [0.4, 0.5) is 0 Å². The largest absolute Gasteiger partial charge is 0.507 e. The molecule has 2 heterocycles. The van der Waals surface area contributed by atoms with Gasteiger partial charge in [0.15, 0.2) is 0 Å². The van der Waals surface area contributed by atoms with Crippen LogP contribution >= 0.6 is 0 Å². The Kier molecular flexibility index (Phi) is 6.35. The molecule has 2 aliphatic heterocycles. The molecule has 0 radical (unpaired) electrons. The molecular weight excluding hydrogens is 428 g/mol. The number of methoxy groups -OCH3 is 2. The molecule has 3 aliphatic rings. The van der Waals surface area contributed by atoms with Crippen molar-refractivity contribution in [1.82, 2.24) is 0 Å². The van der Waals surface area contributed by atoms with Gasteiger partial charge in [-0.3, -0.25) is 0 Å². The lowest BCUT2D eigenvalue weighted by molar-refractivity contribution is -0.309. The molecule has 0 amide bonds. The maximum absolute atomic E-state index is 10.5. The van der Waals surface area contributed by atoms with Crippen LogP contribution in [0.2, 0.25) is 0 Å². The molecule has 2 fully saturated rings. The van der Waals surface area contributed by atoms with E-state index in [9.17, 15) is 5.11 Å². The summed E-state index contributed by atoms with van der Waals surface area (Å²) in [4.78, 5) is 0. The van der Waals surface area contributed by atoms with Crippen molar-refractivity contribution in [3.05, 3.63) is 46.7 Å². The Bertz CT molecular complexity index is 1010. The van der Waals surface area contributed by atoms with Crippen LogP contribution in [0.25, 0.3) is 0 Å². The van der Waals surface area contributed by atoms with Crippen molar-refractivity contribution >= 4 is 0 Å². The lowest BCUT2D eigenvalue weighted by Crippen LogP contribution is -2.57. The van der Waals surface area contributed by atoms with Gasteiger partial charge in [0.1, 0.15) is 17.3 Å². The molecule has 5 nitrogen and oxygen atoms in total. The molecule has 188 valence electrons. The summed E-state index contributed by atoms with van der Waals surface area (Å²) < 4.78 is 24.9. The van der Waals surface area contributed by atoms with Gasteiger partial charge in [0.25, 0.3) is 0 Å². The van der Waals surface area contributed by atoms with E-state index in [1.165, 1.54) is 12.0 Å². The maximum atomic E-state index is 10.5. The van der Waals surface area contributed by atoms with Crippen LogP contribution in [0.1, 0.15) is 77.8 Å². The van der Waals surface area contributed by atoms with Gasteiger partial charge in [0.2, 0.25) is 5.79 Å². The first-order valence-corrected chi connectivity index (χ1v) is 12.5. The van der Waals surface area contributed by atoms with Crippen molar-refractivity contribution < 1.29 is 24.1 Å². The second kappa shape index (κ2) is 8.60. The van der Waals surface area contributed by atoms with E-state index in [1.54, 1.807) is 14.2 Å². The van der Waals surface area contributed by atoms with Crippen LogP contribution in [0.5, 0.6) is 11.5 Å². The monoisotopic (exact) mass is 470 g/mol. The summed E-state index contributed by atoms with van der Waals surface area (Å²) in [7, 11) is 3.42. The first kappa shape index (κ1) is 25.1. The van der Waals surface area contributed by atoms with Gasteiger partial charge in [0.05, 0.1) is 18.8 Å². The summed E-state index contributed by atoms with van der Waals surface area (Å²) in [5.74, 6) is 1.39. The Morgan fingerprint density at radius 3 is 2.56 bits per heavy atom. The molecule has 1 spiro atoms. The number of phenolic OH excluding ortho intramolecular Hbond substituents is 1. The minimum absolute atomic E-state index is 0.00978. The average molecular weight is 471 g/mol. The molecule has 1 aromatic carbocycles. The zero-order valence-corrected chi connectivity index (χ0v) is 22.2. The van der Waals surface area contributed by atoms with Crippen LogP contribution in [-0.2, 0) is 20.6 Å². The van der Waals surface area contributed by atoms with Crippen LogP contribution in [0.15, 0.2) is 35.6 Å². The number of fused-ring (bicyclic) bond motifs is 2. The third-order valence-corrected chi connectivity index (χ3v) is 8.90. The SMILES string of the molecule is COc1cc(C)c(O)c(CC=C(C)CC2=CC3(C)CCCC3(C)C3(CC(OC)C(C)(C)O3)O2)c1. The highest BCUT2D eigenvalue weighted by molar-refractivity contribution is 5.46. The molecule has 0 aromatic heterocycles. The van der Waals surface area contributed by atoms with Gasteiger partial charge in [-0.1, -0.05) is 31.9 Å². The summed E-state index contributed by atoms with van der Waals surface area (Å²) in [6.07, 6.45) is 10.0. The molecule has 4 atom stereocenters. The number of phenols is 1. The molecule has 4 rings (SSSR count). The van der Waals surface area contributed by atoms with E-state index >= 15 is 0 Å². The zero-order valence-electron chi connectivity index (χ0n) is 22.2. The van der Waals surface area contributed by atoms with E-state index in [0.717, 1.165) is 48.3 Å². The smallest absolute Gasteiger partial charge is 0.219 e. The van der Waals surface area contributed by atoms with Gasteiger partial charge in [-0.2, -0.15) is 0 Å². The lowest BCUT2D eigenvalue weighted by Gasteiger charge is -2.54. The highest BCUT2D eigenvalue weighted by Gasteiger charge is 2.70. The summed E-state index contributed by atoms with van der Waals surface area (Å²) in [5.41, 5.74) is 2.40. The Labute approximate surface area is 205 Å². The van der Waals surface area contributed by atoms with Crippen molar-refractivity contribution in [2.24, 2.45) is 10.8 Å². The van der Waals surface area contributed by atoms with Crippen LogP contribution < -0.4 is 4.74 Å². The number of hydrogen-bond acceptors (Lipinski definition) is 5. The van der Waals surface area contributed by atoms with Crippen molar-refractivity contribution in [1.29, 1.82) is 0 Å². The maximum Gasteiger partial charge on any atom is 0.219 e. The molecule has 1 aliphatic carbocycles. The second-order valence-corrected chi connectivity index (χ2v) is 11.6. The number of aryl methyl sites for hydroxylation is 1. The molecule has 1 aromatic rings. The number of hydrogen-bond donors (Lipinski definition) is 1. The Hall–Kier alpha value is -1.98. The molecule has 1 saturated heterocycles. The van der Waals surface area contributed by atoms with Crippen molar-refractivity contribution in [2.75, 3.05) is 14.2 Å². The van der Waals surface area contributed by atoms with Crippen LogP contribution in [-0.4, -0.2) is 36.8 Å². The number of benzene rings is 1. The Morgan fingerprint density at radius 1 is 1.18 bits per heavy atom. The minimum atomic E-state index is -0.686. The highest BCUT2D eigenvalue weighted by atomic mass is 16.7. The average Bonchev–Trinajstić information content (AvgIpc) is 3.22. The predicted octanol–water partition coefficient (Wildman–Crippen LogP) is 6.61. The summed E-state index contributed by atoms with van der Waals surface area (Å²) in [5, 5.41) is 10.5. The Morgan fingerprint density at radius 2 is 1.91 bits per heavy atom. The number of rotatable bonds is 6. The van der Waals surface area contributed by atoms with Gasteiger partial charge in [-0.05, 0) is 70.7 Å². The molecule has 5 heteroatoms. The molecular formula is C29H42O5. The first-order chi connectivity index (χ1) is 15.9. The fraction of sp³-hybridized carbons (Fsp3) is 0.655. The second-order valence-electron chi connectivity index (χ2n) is 11.6. The van der Waals surface area contributed by atoms with Crippen molar-refractivity contribution in [3.8, 4) is 11.5 Å². The normalized spacial score (nSPS) is 34.6. The van der Waals surface area contributed by atoms with E-state index in [0.29, 0.717) is 12.2 Å². The van der Waals surface area contributed by atoms with Crippen molar-refractivity contribution in [3.63, 3.8) is 0 Å². The fourth-order valence-corrected chi connectivity index (χ4v) is 6.53. The molecule has 1 N–H and O–H groups in total. The molecule has 1 saturated carbocycles. The molecule has 0 bridgehead atoms. The van der Waals surface area contributed by atoms with E-state index in [1.807, 2.05) is 19.1 Å². The lowest BCUT2D eigenvalue weighted by atomic mass is 9.60. The standard InChI is InChI=1S/C29H42O5/c1-19(10-11-21-16-22(31-7)15-20(2)25(21)30)14-23-17-27(5)12-9-13-28(27,6)29(33-23)18-24(32-8)26(3,4)34-29/h10,15-17,24,30H,9,11-14,18H2,1-8H3. The first-order valence-electron chi connectivity index (χ1n) is 12.5. The number of ether oxygens (including phenoxy) is 4. The van der Waals surface area contributed by atoms with Gasteiger partial charge in [0, 0.05) is 36.3 Å². The van der Waals surface area contributed by atoms with Gasteiger partial charge in [-0.15, -0.1) is 0 Å². The van der Waals surface area contributed by atoms with Gasteiger partial charge >= 0.3 is 0 Å². The third kappa shape index (κ3) is 3.95. The fourth-order valence-electron chi connectivity index (χ4n) is 6.53. The highest BCUT2D eigenvalue weighted by Crippen LogP contribution is 2.67. The molecule has 4 unspecified atom stereocenters. The van der Waals surface area contributed by atoms with Crippen molar-refractivity contribution in [2.45, 2.75) is 97.6 Å². The van der Waals surface area contributed by atoms with E-state index < -0.39 is 11.4 Å². The predicted molar refractivity (Wildman–Crippen MR) is 134 cm³/mol. The van der Waals surface area contributed by atoms with Crippen LogP contribution in [0, 0.1) is 17.8 Å². The summed E-state index contributed by atoms with van der Waals surface area (Å²) in [6, 6.07) is 3.76. The quantitative estimate of drug-likeness (QED) is 0.474. The van der Waals surface area contributed by atoms with Gasteiger partial charge < -0.3 is 24.1 Å². The Balaban J connectivity index is 1.60. The summed E-state index contributed by atoms with van der Waals surface area (Å²) in [6.45, 7) is 13.0. The third-order valence-electron chi connectivity index (χ3n) is 8.90. The van der Waals surface area contributed by atoms with Crippen LogP contribution in [0.3, 0.4) is 0 Å². The van der Waals surface area contributed by atoms with Gasteiger partial charge in [-0.25, -0.2) is 0 Å². The summed E-state index contributed by atoms with van der Waals surface area (Å²) >= 11 is 0. The molecule has 34 heavy (non-hydrogen) atoms. The number of aromatic hydroxyl groups is 1. The van der Waals surface area contributed by atoms with E-state index in [-0.39, 0.29) is 16.9 Å².